The molecule has 0 spiro atoms. The molecular formula is C19H30N4O6S. The third-order valence-electron chi connectivity index (χ3n) is 5.60. The van der Waals surface area contributed by atoms with Gasteiger partial charge in [0.05, 0.1) is 18.1 Å². The average Bonchev–Trinajstić information content (AvgIpc) is 3.17. The molecule has 1 unspecified atom stereocenters. The number of hydrogen-bond donors (Lipinski definition) is 1. The molecule has 1 N–H and O–H groups in total. The highest BCUT2D eigenvalue weighted by Crippen LogP contribution is 2.26. The van der Waals surface area contributed by atoms with Gasteiger partial charge in [0.25, 0.3) is 0 Å². The number of carbonyl (C=O) groups is 2. The number of piperidine rings is 1. The van der Waals surface area contributed by atoms with Crippen LogP contribution < -0.4 is 5.32 Å². The topological polar surface area (TPSA) is 122 Å². The van der Waals surface area contributed by atoms with E-state index in [4.69, 9.17) is 9.26 Å². The molecule has 3 heterocycles. The minimum Gasteiger partial charge on any atom is -0.384 e. The van der Waals surface area contributed by atoms with Crippen molar-refractivity contribution in [2.75, 3.05) is 50.2 Å². The van der Waals surface area contributed by atoms with E-state index in [2.05, 4.69) is 10.5 Å². The van der Waals surface area contributed by atoms with Crippen molar-refractivity contribution in [1.82, 2.24) is 15.0 Å². The van der Waals surface area contributed by atoms with Crippen molar-refractivity contribution < 1.29 is 27.3 Å². The molecule has 3 amide bonds. The lowest BCUT2D eigenvalue weighted by molar-refractivity contribution is -0.121. The molecule has 1 aromatic heterocycles. The highest BCUT2D eigenvalue weighted by molar-refractivity contribution is 7.91. The van der Waals surface area contributed by atoms with Crippen LogP contribution in [0, 0.1) is 0 Å². The van der Waals surface area contributed by atoms with E-state index in [1.807, 2.05) is 13.8 Å². The van der Waals surface area contributed by atoms with E-state index in [1.165, 1.54) is 4.90 Å². The second-order valence-corrected chi connectivity index (χ2v) is 10.8. The highest BCUT2D eigenvalue weighted by atomic mass is 32.2. The standard InChI is InChI=1S/C19H30N4O6S/c1-19(2,13-28-3)15-12-16(21-29-15)20-17(24)14-6-4-5-7-23(14)18(25)22-8-10-30(26,27)11-9-22/h12,14H,4-11,13H2,1-3H3,(H,20,21,24). The third-order valence-corrected chi connectivity index (χ3v) is 7.21. The molecule has 10 nitrogen and oxygen atoms in total. The van der Waals surface area contributed by atoms with Gasteiger partial charge in [-0.3, -0.25) is 4.79 Å². The fraction of sp³-hybridized carbons (Fsp3) is 0.737. The smallest absolute Gasteiger partial charge is 0.320 e. The number of rotatable bonds is 5. The second kappa shape index (κ2) is 8.93. The van der Waals surface area contributed by atoms with Gasteiger partial charge in [-0.15, -0.1) is 0 Å². The van der Waals surface area contributed by atoms with Crippen molar-refractivity contribution in [1.29, 1.82) is 0 Å². The molecule has 2 saturated heterocycles. The van der Waals surface area contributed by atoms with Crippen molar-refractivity contribution in [3.8, 4) is 0 Å². The minimum absolute atomic E-state index is 0.0393. The van der Waals surface area contributed by atoms with Gasteiger partial charge in [-0.2, -0.15) is 0 Å². The Morgan fingerprint density at radius 3 is 2.63 bits per heavy atom. The van der Waals surface area contributed by atoms with E-state index in [0.717, 1.165) is 12.8 Å². The summed E-state index contributed by atoms with van der Waals surface area (Å²) in [5, 5.41) is 6.69. The Morgan fingerprint density at radius 1 is 1.27 bits per heavy atom. The van der Waals surface area contributed by atoms with Crippen molar-refractivity contribution in [3.05, 3.63) is 11.8 Å². The monoisotopic (exact) mass is 442 g/mol. The number of sulfone groups is 1. The van der Waals surface area contributed by atoms with Crippen molar-refractivity contribution in [2.24, 2.45) is 0 Å². The summed E-state index contributed by atoms with van der Waals surface area (Å²) in [6.07, 6.45) is 2.19. The average molecular weight is 443 g/mol. The quantitative estimate of drug-likeness (QED) is 0.728. The van der Waals surface area contributed by atoms with Gasteiger partial charge in [0.2, 0.25) is 5.91 Å². The largest absolute Gasteiger partial charge is 0.384 e. The molecule has 0 aliphatic carbocycles. The number of urea groups is 1. The van der Waals surface area contributed by atoms with Crippen LogP contribution in [0.25, 0.3) is 0 Å². The molecule has 3 rings (SSSR count). The van der Waals surface area contributed by atoms with Gasteiger partial charge >= 0.3 is 6.03 Å². The van der Waals surface area contributed by atoms with Gasteiger partial charge in [0.1, 0.15) is 11.8 Å². The first-order valence-corrected chi connectivity index (χ1v) is 12.0. The fourth-order valence-electron chi connectivity index (χ4n) is 3.81. The van der Waals surface area contributed by atoms with Crippen LogP contribution in [-0.2, 0) is 24.8 Å². The van der Waals surface area contributed by atoms with Gasteiger partial charge in [0, 0.05) is 38.2 Å². The van der Waals surface area contributed by atoms with Crippen LogP contribution in [0.4, 0.5) is 10.6 Å². The third kappa shape index (κ3) is 5.12. The van der Waals surface area contributed by atoms with Gasteiger partial charge in [0.15, 0.2) is 15.7 Å². The molecule has 30 heavy (non-hydrogen) atoms. The number of amides is 3. The van der Waals surface area contributed by atoms with E-state index in [9.17, 15) is 18.0 Å². The number of hydrogen-bond acceptors (Lipinski definition) is 7. The second-order valence-electron chi connectivity index (χ2n) is 8.51. The van der Waals surface area contributed by atoms with Crippen LogP contribution in [0.3, 0.4) is 0 Å². The number of anilines is 1. The van der Waals surface area contributed by atoms with Crippen molar-refractivity contribution in [2.45, 2.75) is 44.6 Å². The van der Waals surface area contributed by atoms with E-state index in [1.54, 1.807) is 18.1 Å². The zero-order chi connectivity index (χ0) is 21.9. The first kappa shape index (κ1) is 22.5. The molecule has 1 aromatic rings. The minimum atomic E-state index is -3.08. The van der Waals surface area contributed by atoms with Crippen LogP contribution in [0.5, 0.6) is 0 Å². The zero-order valence-corrected chi connectivity index (χ0v) is 18.5. The van der Waals surface area contributed by atoms with Crippen LogP contribution in [0.15, 0.2) is 10.6 Å². The SMILES string of the molecule is COCC(C)(C)c1cc(NC(=O)C2CCCCN2C(=O)N2CCS(=O)(=O)CC2)no1. The summed E-state index contributed by atoms with van der Waals surface area (Å²) in [5.41, 5.74) is -0.397. The molecule has 2 aliphatic rings. The first-order chi connectivity index (χ1) is 14.1. The van der Waals surface area contributed by atoms with Gasteiger partial charge in [-0.25, -0.2) is 13.2 Å². The van der Waals surface area contributed by atoms with E-state index >= 15 is 0 Å². The Hall–Kier alpha value is -2.14. The predicted molar refractivity (Wildman–Crippen MR) is 110 cm³/mol. The first-order valence-electron chi connectivity index (χ1n) is 10.2. The molecular weight excluding hydrogens is 412 g/mol. The summed E-state index contributed by atoms with van der Waals surface area (Å²) in [7, 11) is -1.48. The van der Waals surface area contributed by atoms with E-state index in [0.29, 0.717) is 31.2 Å². The number of nitrogens with one attached hydrogen (secondary N) is 1. The summed E-state index contributed by atoms with van der Waals surface area (Å²) in [6.45, 7) is 5.11. The number of carbonyl (C=O) groups excluding carboxylic acids is 2. The van der Waals surface area contributed by atoms with E-state index < -0.39 is 21.3 Å². The maximum atomic E-state index is 13.0. The zero-order valence-electron chi connectivity index (χ0n) is 17.7. The molecule has 0 saturated carbocycles. The lowest BCUT2D eigenvalue weighted by Gasteiger charge is -2.39. The summed E-state index contributed by atoms with van der Waals surface area (Å²) < 4.78 is 33.9. The molecule has 11 heteroatoms. The Labute approximate surface area is 176 Å². The summed E-state index contributed by atoms with van der Waals surface area (Å²) >= 11 is 0. The van der Waals surface area contributed by atoms with Crippen LogP contribution in [0.2, 0.25) is 0 Å². The van der Waals surface area contributed by atoms with Crippen LogP contribution in [-0.4, -0.2) is 86.2 Å². The lowest BCUT2D eigenvalue weighted by Crippen LogP contribution is -2.56. The number of ether oxygens (including phenoxy) is 1. The number of aromatic nitrogens is 1. The Bertz CT molecular complexity index is 867. The molecule has 0 bridgehead atoms. The van der Waals surface area contributed by atoms with Crippen LogP contribution in [0.1, 0.15) is 38.9 Å². The normalized spacial score (nSPS) is 22.0. The molecule has 1 atom stereocenters. The van der Waals surface area contributed by atoms with Gasteiger partial charge in [-0.05, 0) is 19.3 Å². The Balaban J connectivity index is 1.67. The van der Waals surface area contributed by atoms with E-state index in [-0.39, 0.29) is 36.5 Å². The van der Waals surface area contributed by atoms with Gasteiger partial charge < -0.3 is 24.4 Å². The molecule has 0 radical (unpaired) electrons. The predicted octanol–water partition coefficient (Wildman–Crippen LogP) is 1.24. The fourth-order valence-corrected chi connectivity index (χ4v) is 5.01. The molecule has 2 aliphatic heterocycles. The molecule has 168 valence electrons. The Morgan fingerprint density at radius 2 is 1.97 bits per heavy atom. The summed E-state index contributed by atoms with van der Waals surface area (Å²) in [5.74, 6) is 0.481. The number of methoxy groups -OCH3 is 1. The summed E-state index contributed by atoms with van der Waals surface area (Å²) in [6, 6.07) is 0.755. The number of likely N-dealkylation sites (tertiary alicyclic amines) is 1. The maximum absolute atomic E-state index is 13.0. The van der Waals surface area contributed by atoms with Crippen LogP contribution >= 0.6 is 0 Å². The maximum Gasteiger partial charge on any atom is 0.320 e. The highest BCUT2D eigenvalue weighted by Gasteiger charge is 2.37. The molecule has 0 aromatic carbocycles. The summed E-state index contributed by atoms with van der Waals surface area (Å²) in [4.78, 5) is 29.0. The van der Waals surface area contributed by atoms with Crippen molar-refractivity contribution >= 4 is 27.6 Å². The number of nitrogens with zero attached hydrogens (tertiary/aromatic N) is 3. The Kier molecular flexibility index (Phi) is 6.71. The molecule has 2 fully saturated rings. The van der Waals surface area contributed by atoms with Gasteiger partial charge in [-0.1, -0.05) is 19.0 Å². The van der Waals surface area contributed by atoms with Crippen molar-refractivity contribution in [3.63, 3.8) is 0 Å². The lowest BCUT2D eigenvalue weighted by atomic mass is 9.91.